The molecule has 90 valence electrons. The minimum absolute atomic E-state index is 0.544. The van der Waals surface area contributed by atoms with Crippen molar-refractivity contribution in [1.29, 1.82) is 0 Å². The lowest BCUT2D eigenvalue weighted by Gasteiger charge is -2.04. The summed E-state index contributed by atoms with van der Waals surface area (Å²) in [4.78, 5) is 8.59. The van der Waals surface area contributed by atoms with Gasteiger partial charge >= 0.3 is 0 Å². The van der Waals surface area contributed by atoms with Crippen LogP contribution in [0.1, 0.15) is 27.2 Å². The maximum absolute atomic E-state index is 5.88. The summed E-state index contributed by atoms with van der Waals surface area (Å²) >= 11 is 0. The Labute approximate surface area is 103 Å². The van der Waals surface area contributed by atoms with Crippen LogP contribution in [0.2, 0.25) is 0 Å². The van der Waals surface area contributed by atoms with Gasteiger partial charge in [-0.3, -0.25) is 4.99 Å². The van der Waals surface area contributed by atoms with Gasteiger partial charge in [0.05, 0.1) is 17.6 Å². The fourth-order valence-corrected chi connectivity index (χ4v) is 1.35. The van der Waals surface area contributed by atoms with Crippen molar-refractivity contribution in [2.45, 2.75) is 27.2 Å². The van der Waals surface area contributed by atoms with Crippen LogP contribution < -0.4 is 5.73 Å². The highest BCUT2D eigenvalue weighted by Gasteiger charge is 2.05. The van der Waals surface area contributed by atoms with Crippen LogP contribution in [0.4, 0.5) is 0 Å². The van der Waals surface area contributed by atoms with Crippen molar-refractivity contribution >= 4 is 11.9 Å². The number of hydrogen-bond acceptors (Lipinski definition) is 3. The quantitative estimate of drug-likeness (QED) is 0.584. The van der Waals surface area contributed by atoms with E-state index in [0.717, 1.165) is 12.1 Å². The molecule has 17 heavy (non-hydrogen) atoms. The maximum atomic E-state index is 5.88. The third kappa shape index (κ3) is 4.66. The summed E-state index contributed by atoms with van der Waals surface area (Å²) in [6.07, 6.45) is 9.74. The highest BCUT2D eigenvalue weighted by Crippen LogP contribution is 2.13. The molecule has 0 aromatic heterocycles. The molecular weight excluding hydrogens is 210 g/mol. The summed E-state index contributed by atoms with van der Waals surface area (Å²) in [6.45, 7) is 6.22. The van der Waals surface area contributed by atoms with Crippen LogP contribution in [0.25, 0.3) is 0 Å². The third-order valence-electron chi connectivity index (χ3n) is 2.10. The van der Waals surface area contributed by atoms with Gasteiger partial charge in [-0.05, 0) is 31.4 Å². The second-order valence-electron chi connectivity index (χ2n) is 4.24. The Morgan fingerprint density at radius 3 is 2.94 bits per heavy atom. The number of nitrogens with two attached hydrogens (primary N) is 1. The average Bonchev–Trinajstić information content (AvgIpc) is 2.41. The monoisotopic (exact) mass is 229 g/mol. The summed E-state index contributed by atoms with van der Waals surface area (Å²) in [5.41, 5.74) is 11.2. The Bertz CT molecular complexity index is 442. The first kappa shape index (κ1) is 13.2. The fourth-order valence-electron chi connectivity index (χ4n) is 1.35. The van der Waals surface area contributed by atoms with Crippen molar-refractivity contribution in [1.82, 2.24) is 0 Å². The van der Waals surface area contributed by atoms with E-state index in [9.17, 15) is 0 Å². The van der Waals surface area contributed by atoms with Crippen LogP contribution >= 0.6 is 0 Å². The van der Waals surface area contributed by atoms with E-state index in [4.69, 9.17) is 5.73 Å². The molecule has 1 heterocycles. The molecule has 1 aliphatic heterocycles. The molecule has 1 rings (SSSR count). The highest BCUT2D eigenvalue weighted by atomic mass is 14.8. The van der Waals surface area contributed by atoms with E-state index in [1.807, 2.05) is 19.1 Å². The first-order chi connectivity index (χ1) is 8.13. The number of rotatable bonds is 4. The van der Waals surface area contributed by atoms with Gasteiger partial charge in [-0.25, -0.2) is 4.99 Å². The molecule has 0 atom stereocenters. The van der Waals surface area contributed by atoms with Gasteiger partial charge in [-0.1, -0.05) is 25.7 Å². The second-order valence-corrected chi connectivity index (χ2v) is 4.24. The molecule has 0 unspecified atom stereocenters. The van der Waals surface area contributed by atoms with Gasteiger partial charge in [0.25, 0.3) is 0 Å². The summed E-state index contributed by atoms with van der Waals surface area (Å²) in [6, 6.07) is 0. The minimum Gasteiger partial charge on any atom is -0.397 e. The van der Waals surface area contributed by atoms with Gasteiger partial charge in [-0.15, -0.1) is 0 Å². The molecule has 0 bridgehead atoms. The molecule has 0 aromatic carbocycles. The van der Waals surface area contributed by atoms with Crippen LogP contribution in [-0.2, 0) is 0 Å². The summed E-state index contributed by atoms with van der Waals surface area (Å²) in [5.74, 6) is 0.544. The molecule has 0 aliphatic carbocycles. The number of hydrogen-bond donors (Lipinski definition) is 1. The van der Waals surface area contributed by atoms with Crippen molar-refractivity contribution in [3.63, 3.8) is 0 Å². The summed E-state index contributed by atoms with van der Waals surface area (Å²) in [5, 5.41) is 0. The zero-order valence-electron chi connectivity index (χ0n) is 10.6. The highest BCUT2D eigenvalue weighted by molar-refractivity contribution is 6.38. The van der Waals surface area contributed by atoms with Crippen molar-refractivity contribution in [2.24, 2.45) is 21.6 Å². The van der Waals surface area contributed by atoms with Crippen molar-refractivity contribution < 1.29 is 0 Å². The lowest BCUT2D eigenvalue weighted by Crippen LogP contribution is -2.12. The van der Waals surface area contributed by atoms with E-state index in [1.165, 1.54) is 0 Å². The van der Waals surface area contributed by atoms with E-state index >= 15 is 0 Å². The molecule has 3 nitrogen and oxygen atoms in total. The number of allylic oxidation sites excluding steroid dienone is 4. The molecule has 3 heteroatoms. The minimum atomic E-state index is 0.544. The fraction of sp³-hybridized carbons (Fsp3) is 0.357. The first-order valence-corrected chi connectivity index (χ1v) is 5.78. The Balaban J connectivity index is 2.94. The van der Waals surface area contributed by atoms with Crippen molar-refractivity contribution in [3.05, 3.63) is 41.6 Å². The molecule has 2 N–H and O–H groups in total. The molecule has 0 amide bonds. The SMILES string of the molecule is C/C=C\N=C/C1=NC(CC(C)C)=C=CC=C1N. The lowest BCUT2D eigenvalue weighted by molar-refractivity contribution is 0.639. The van der Waals surface area contributed by atoms with Gasteiger partial charge in [0.2, 0.25) is 0 Å². The van der Waals surface area contributed by atoms with E-state index in [2.05, 4.69) is 29.6 Å². The second kappa shape index (κ2) is 6.66. The van der Waals surface area contributed by atoms with Crippen LogP contribution in [0.3, 0.4) is 0 Å². The zero-order chi connectivity index (χ0) is 12.7. The van der Waals surface area contributed by atoms with Crippen LogP contribution in [-0.4, -0.2) is 11.9 Å². The average molecular weight is 229 g/mol. The predicted octanol–water partition coefficient (Wildman–Crippen LogP) is 2.97. The Morgan fingerprint density at radius 1 is 1.53 bits per heavy atom. The maximum Gasteiger partial charge on any atom is 0.105 e. The largest absolute Gasteiger partial charge is 0.397 e. The van der Waals surface area contributed by atoms with Gasteiger partial charge in [0.1, 0.15) is 5.71 Å². The lowest BCUT2D eigenvalue weighted by atomic mass is 10.1. The number of nitrogens with zero attached hydrogens (tertiary/aromatic N) is 2. The standard InChI is InChI=1S/C14H19N3/c1-4-8-16-10-14-13(15)7-5-6-12(17-14)9-11(2)3/h4-5,7-8,10-11H,9,15H2,1-3H3/b8-4-,16-10-. The molecule has 0 saturated heterocycles. The Kier molecular flexibility index (Phi) is 5.18. The van der Waals surface area contributed by atoms with Crippen LogP contribution in [0.15, 0.2) is 51.5 Å². The van der Waals surface area contributed by atoms with Gasteiger partial charge < -0.3 is 5.73 Å². The Morgan fingerprint density at radius 2 is 2.29 bits per heavy atom. The molecule has 1 aliphatic rings. The van der Waals surface area contributed by atoms with Gasteiger partial charge in [0, 0.05) is 6.20 Å². The molecule has 0 saturated carbocycles. The van der Waals surface area contributed by atoms with Crippen LogP contribution in [0, 0.1) is 5.92 Å². The van der Waals surface area contributed by atoms with Crippen molar-refractivity contribution in [3.8, 4) is 0 Å². The van der Waals surface area contributed by atoms with E-state index in [0.29, 0.717) is 17.3 Å². The normalized spacial score (nSPS) is 16.4. The molecule has 0 fully saturated rings. The third-order valence-corrected chi connectivity index (χ3v) is 2.10. The van der Waals surface area contributed by atoms with Crippen molar-refractivity contribution in [2.75, 3.05) is 0 Å². The Hall–Kier alpha value is -1.86. The first-order valence-electron chi connectivity index (χ1n) is 5.78. The van der Waals surface area contributed by atoms with Gasteiger partial charge in [-0.2, -0.15) is 0 Å². The predicted molar refractivity (Wildman–Crippen MR) is 74.1 cm³/mol. The molecular formula is C14H19N3. The topological polar surface area (TPSA) is 50.7 Å². The molecule has 0 spiro atoms. The van der Waals surface area contributed by atoms with Crippen LogP contribution in [0.5, 0.6) is 0 Å². The van der Waals surface area contributed by atoms with E-state index in [-0.39, 0.29) is 0 Å². The summed E-state index contributed by atoms with van der Waals surface area (Å²) in [7, 11) is 0. The van der Waals surface area contributed by atoms with Gasteiger partial charge in [0.15, 0.2) is 0 Å². The summed E-state index contributed by atoms with van der Waals surface area (Å²) < 4.78 is 0. The smallest absolute Gasteiger partial charge is 0.105 e. The molecule has 0 radical (unpaired) electrons. The number of aliphatic imine (C=N–C) groups is 2. The zero-order valence-corrected chi connectivity index (χ0v) is 10.6. The van der Waals surface area contributed by atoms with E-state index in [1.54, 1.807) is 18.5 Å². The van der Waals surface area contributed by atoms with E-state index < -0.39 is 0 Å². The molecule has 0 aromatic rings.